The molecular weight excluding hydrogens is 376 g/mol. The highest BCUT2D eigenvalue weighted by Gasteiger charge is 2.24. The monoisotopic (exact) mass is 393 g/mol. The molecule has 0 saturated carbocycles. The molecule has 10 heteroatoms. The lowest BCUT2D eigenvalue weighted by Crippen LogP contribution is -2.43. The minimum atomic E-state index is -1.26. The Morgan fingerprint density at radius 3 is 2.52 bits per heavy atom. The lowest BCUT2D eigenvalue weighted by molar-refractivity contribution is -0.623. The van der Waals surface area contributed by atoms with Gasteiger partial charge in [0.2, 0.25) is 5.52 Å². The highest BCUT2D eigenvalue weighted by Crippen LogP contribution is 2.24. The van der Waals surface area contributed by atoms with Gasteiger partial charge in [0.15, 0.2) is 0 Å². The largest absolute Gasteiger partial charge is 0.710 e. The number of rotatable bonds is 5. The van der Waals surface area contributed by atoms with Gasteiger partial charge in [-0.3, -0.25) is 0 Å². The van der Waals surface area contributed by atoms with Crippen LogP contribution in [0.1, 0.15) is 25.1 Å². The second-order valence-electron chi connectivity index (χ2n) is 6.62. The number of hydrogen-bond acceptors (Lipinski definition) is 7. The second-order valence-corrected chi connectivity index (χ2v) is 6.62. The number of hydrogen-bond donors (Lipinski definition) is 1. The molecule has 1 atom stereocenters. The summed E-state index contributed by atoms with van der Waals surface area (Å²) in [7, 11) is 0. The van der Waals surface area contributed by atoms with Crippen LogP contribution in [0.3, 0.4) is 0 Å². The number of carboxylic acids is 1. The van der Waals surface area contributed by atoms with Crippen molar-refractivity contribution in [3.63, 3.8) is 0 Å². The molecule has 0 saturated heterocycles. The number of aromatic nitrogens is 5. The molecular formula is C19H17N6O4-. The van der Waals surface area contributed by atoms with Crippen LogP contribution in [0, 0.1) is 17.3 Å². The summed E-state index contributed by atoms with van der Waals surface area (Å²) in [6.45, 7) is 3.26. The first-order chi connectivity index (χ1) is 13.9. The van der Waals surface area contributed by atoms with Gasteiger partial charge < -0.3 is 20.3 Å². The summed E-state index contributed by atoms with van der Waals surface area (Å²) >= 11 is 0. The van der Waals surface area contributed by atoms with Crippen LogP contribution in [-0.2, 0) is 4.79 Å². The first-order valence-corrected chi connectivity index (χ1v) is 8.99. The number of carboxylic acid groups (broad SMARTS) is 1. The fourth-order valence-electron chi connectivity index (χ4n) is 3.31. The predicted molar refractivity (Wildman–Crippen MR) is 102 cm³/mol. The van der Waals surface area contributed by atoms with Crippen LogP contribution in [-0.4, -0.2) is 21.0 Å². The van der Waals surface area contributed by atoms with E-state index in [1.165, 1.54) is 4.68 Å². The Balaban J connectivity index is 1.82. The Bertz CT molecular complexity index is 1250. The van der Waals surface area contributed by atoms with Gasteiger partial charge in [-0.25, -0.2) is 14.7 Å². The van der Waals surface area contributed by atoms with Crippen molar-refractivity contribution in [3.8, 4) is 0 Å². The zero-order valence-electron chi connectivity index (χ0n) is 15.7. The standard InChI is InChI=1S/C19H18N6O4/c1-3-14(19(26)27)23-17-10-12(8-9-13(17)21-22-23)20-18-11(2)24(28)15-6-4-5-7-16(15)25(18)29/h4-10,14,20H,3H2,1-2H3,(H,26,27)/p-1. The maximum atomic E-state index is 12.8. The van der Waals surface area contributed by atoms with Crippen molar-refractivity contribution in [3.05, 3.63) is 58.6 Å². The molecule has 2 heterocycles. The SMILES string of the molecule is CCC(C(=O)[O-])n1nnc2ccc(Nc3c(C)[n+]([O-])c4ccccc4[n+]3[O-])cc21. The van der Waals surface area contributed by atoms with E-state index in [1.54, 1.807) is 56.3 Å². The number of anilines is 2. The Labute approximate surface area is 164 Å². The molecule has 0 spiro atoms. The maximum Gasteiger partial charge on any atom is 0.352 e. The molecule has 29 heavy (non-hydrogen) atoms. The first kappa shape index (κ1) is 18.4. The first-order valence-electron chi connectivity index (χ1n) is 8.99. The van der Waals surface area contributed by atoms with Gasteiger partial charge >= 0.3 is 5.82 Å². The molecule has 0 amide bonds. The third-order valence-corrected chi connectivity index (χ3v) is 4.86. The minimum Gasteiger partial charge on any atom is -0.710 e. The van der Waals surface area contributed by atoms with Gasteiger partial charge in [-0.2, -0.15) is 4.73 Å². The van der Waals surface area contributed by atoms with Gasteiger partial charge in [0.1, 0.15) is 11.2 Å². The molecule has 0 fully saturated rings. The molecule has 148 valence electrons. The van der Waals surface area contributed by atoms with E-state index in [9.17, 15) is 20.3 Å². The molecule has 1 N–H and O–H groups in total. The van der Waals surface area contributed by atoms with Gasteiger partial charge in [0.25, 0.3) is 11.2 Å². The molecule has 0 bridgehead atoms. The number of fused-ring (bicyclic) bond motifs is 2. The van der Waals surface area contributed by atoms with Gasteiger partial charge in [-0.1, -0.05) is 24.3 Å². The maximum absolute atomic E-state index is 12.8. The van der Waals surface area contributed by atoms with Crippen LogP contribution in [0.5, 0.6) is 0 Å². The third-order valence-electron chi connectivity index (χ3n) is 4.86. The highest BCUT2D eigenvalue weighted by molar-refractivity contribution is 5.82. The number of carbonyl (C=O) groups is 1. The van der Waals surface area contributed by atoms with Crippen LogP contribution < -0.4 is 19.9 Å². The van der Waals surface area contributed by atoms with Crippen LogP contribution in [0.4, 0.5) is 11.5 Å². The van der Waals surface area contributed by atoms with Gasteiger partial charge in [-0.15, -0.1) is 5.10 Å². The number of para-hydroxylation sites is 2. The number of nitrogens with zero attached hydrogens (tertiary/aromatic N) is 5. The van der Waals surface area contributed by atoms with E-state index in [4.69, 9.17) is 0 Å². The van der Waals surface area contributed by atoms with Crippen molar-refractivity contribution in [1.82, 2.24) is 15.0 Å². The van der Waals surface area contributed by atoms with Gasteiger partial charge in [-0.05, 0) is 24.6 Å². The Kier molecular flexibility index (Phi) is 4.38. The molecule has 0 aliphatic rings. The van der Waals surface area contributed by atoms with Crippen molar-refractivity contribution in [2.45, 2.75) is 26.3 Å². The van der Waals surface area contributed by atoms with Crippen molar-refractivity contribution in [2.75, 3.05) is 5.32 Å². The highest BCUT2D eigenvalue weighted by atomic mass is 16.5. The Hall–Kier alpha value is -3.95. The summed E-state index contributed by atoms with van der Waals surface area (Å²) in [5.41, 5.74) is 2.15. The average molecular weight is 393 g/mol. The molecule has 0 aliphatic carbocycles. The number of benzene rings is 2. The second kappa shape index (κ2) is 6.89. The van der Waals surface area contributed by atoms with Crippen molar-refractivity contribution in [2.24, 2.45) is 0 Å². The number of aliphatic carboxylic acids is 1. The van der Waals surface area contributed by atoms with Crippen LogP contribution >= 0.6 is 0 Å². The molecule has 2 aromatic heterocycles. The molecule has 4 aromatic rings. The van der Waals surface area contributed by atoms with Crippen LogP contribution in [0.15, 0.2) is 42.5 Å². The van der Waals surface area contributed by atoms with Crippen LogP contribution in [0.2, 0.25) is 0 Å². The molecule has 10 nitrogen and oxygen atoms in total. The van der Waals surface area contributed by atoms with E-state index in [0.29, 0.717) is 26.2 Å². The molecule has 4 rings (SSSR count). The summed E-state index contributed by atoms with van der Waals surface area (Å²) < 4.78 is 2.64. The minimum absolute atomic E-state index is 0.0732. The van der Waals surface area contributed by atoms with E-state index >= 15 is 0 Å². The van der Waals surface area contributed by atoms with Crippen molar-refractivity contribution >= 4 is 39.5 Å². The van der Waals surface area contributed by atoms with E-state index < -0.39 is 12.0 Å². The summed E-state index contributed by atoms with van der Waals surface area (Å²) in [6.07, 6.45) is 0.277. The van der Waals surface area contributed by atoms with Gasteiger partial charge in [0, 0.05) is 19.1 Å². The summed E-state index contributed by atoms with van der Waals surface area (Å²) in [5, 5.41) is 47.6. The molecule has 2 aromatic carbocycles. The molecule has 0 radical (unpaired) electrons. The van der Waals surface area contributed by atoms with E-state index in [0.717, 1.165) is 0 Å². The summed E-state index contributed by atoms with van der Waals surface area (Å²) in [5.74, 6) is -1.18. The zero-order valence-corrected chi connectivity index (χ0v) is 15.7. The third kappa shape index (κ3) is 2.94. The average Bonchev–Trinajstić information content (AvgIpc) is 3.13. The zero-order chi connectivity index (χ0) is 20.7. The molecule has 0 aliphatic heterocycles. The quantitative estimate of drug-likeness (QED) is 0.387. The Morgan fingerprint density at radius 1 is 1.17 bits per heavy atom. The normalized spacial score (nSPS) is 12.3. The predicted octanol–water partition coefficient (Wildman–Crippen LogP) is 0.604. The lowest BCUT2D eigenvalue weighted by atomic mass is 10.2. The molecule has 1 unspecified atom stereocenters. The van der Waals surface area contributed by atoms with Crippen molar-refractivity contribution < 1.29 is 19.4 Å². The van der Waals surface area contributed by atoms with Gasteiger partial charge in [0.05, 0.1) is 17.5 Å². The topological polar surface area (TPSA) is 137 Å². The smallest absolute Gasteiger partial charge is 0.352 e. The van der Waals surface area contributed by atoms with E-state index in [2.05, 4.69) is 15.6 Å². The Morgan fingerprint density at radius 2 is 1.86 bits per heavy atom. The summed E-state index contributed by atoms with van der Waals surface area (Å²) in [6, 6.07) is 10.5. The van der Waals surface area contributed by atoms with E-state index in [1.807, 2.05) is 0 Å². The fourth-order valence-corrected chi connectivity index (χ4v) is 3.31. The fraction of sp³-hybridized carbons (Fsp3) is 0.211. The summed E-state index contributed by atoms with van der Waals surface area (Å²) in [4.78, 5) is 11.4. The lowest BCUT2D eigenvalue weighted by Gasteiger charge is -2.17. The number of carbonyl (C=O) groups excluding carboxylic acids is 1. The van der Waals surface area contributed by atoms with Crippen LogP contribution in [0.25, 0.3) is 22.1 Å². The van der Waals surface area contributed by atoms with Crippen molar-refractivity contribution in [1.29, 1.82) is 0 Å². The number of nitrogens with one attached hydrogen (secondary N) is 1. The van der Waals surface area contributed by atoms with E-state index in [-0.39, 0.29) is 29.0 Å².